The fourth-order valence-corrected chi connectivity index (χ4v) is 3.84. The summed E-state index contributed by atoms with van der Waals surface area (Å²) < 4.78 is 11.5. The third-order valence-corrected chi connectivity index (χ3v) is 5.78. The van der Waals surface area contributed by atoms with Gasteiger partial charge in [0, 0.05) is 24.4 Å². The van der Waals surface area contributed by atoms with E-state index in [1.165, 1.54) is 18.0 Å². The molecule has 0 aliphatic heterocycles. The van der Waals surface area contributed by atoms with Gasteiger partial charge in [0.2, 0.25) is 0 Å². The Labute approximate surface area is 254 Å². The maximum absolute atomic E-state index is 12.8. The van der Waals surface area contributed by atoms with Gasteiger partial charge in [-0.3, -0.25) is 9.48 Å². The van der Waals surface area contributed by atoms with Crippen LogP contribution in [0.1, 0.15) is 32.4 Å². The molecule has 2 heterocycles. The van der Waals surface area contributed by atoms with Gasteiger partial charge in [-0.15, -0.1) is 0 Å². The summed E-state index contributed by atoms with van der Waals surface area (Å²) in [6.07, 6.45) is 3.05. The van der Waals surface area contributed by atoms with Crippen molar-refractivity contribution in [2.24, 2.45) is 0 Å². The first-order valence-electron chi connectivity index (χ1n) is 9.69. The van der Waals surface area contributed by atoms with Crippen LogP contribution in [-0.4, -0.2) is 47.5 Å². The summed E-state index contributed by atoms with van der Waals surface area (Å²) in [6, 6.07) is 2.68. The Hall–Kier alpha value is -1.39. The van der Waals surface area contributed by atoms with Crippen LogP contribution >= 0.6 is 11.3 Å². The monoisotopic (exact) mass is 591 g/mol. The Bertz CT molecular complexity index is 1150. The quantitative estimate of drug-likeness (QED) is 0.332. The van der Waals surface area contributed by atoms with E-state index >= 15 is 0 Å². The van der Waals surface area contributed by atoms with Gasteiger partial charge in [-0.05, 0) is 32.4 Å². The number of methoxy groups -OCH3 is 2. The van der Waals surface area contributed by atoms with Gasteiger partial charge in [0.1, 0.15) is 16.7 Å². The number of thiazole rings is 1. The Kier molecular flexibility index (Phi) is 10.4. The number of aliphatic carboxylic acids is 1. The maximum Gasteiger partial charge on any atom is 1.00 e. The first-order chi connectivity index (χ1) is 15.2. The largest absolute Gasteiger partial charge is 1.00 e. The second kappa shape index (κ2) is 12.4. The van der Waals surface area contributed by atoms with Gasteiger partial charge >= 0.3 is 68.9 Å². The van der Waals surface area contributed by atoms with E-state index in [9.17, 15) is 14.7 Å². The number of hydrogen-bond acceptors (Lipinski definition) is 9. The number of carbonyl (C=O) groups excluding carboxylic acids is 2. The van der Waals surface area contributed by atoms with Crippen molar-refractivity contribution >= 4 is 39.9 Å². The van der Waals surface area contributed by atoms with Crippen LogP contribution in [0.4, 0.5) is 16.6 Å². The van der Waals surface area contributed by atoms with Crippen LogP contribution in [0.5, 0.6) is 5.75 Å². The number of amides is 1. The van der Waals surface area contributed by atoms with Crippen molar-refractivity contribution in [1.82, 2.24) is 14.8 Å². The maximum atomic E-state index is 12.8. The SMILES string of the molecule is COCC(C(=O)[O-])n1cc(C)c(Nc2ncc(C(=O)Nc3c(C)ccc(OC)c3C)s2)n1.[Cs+]. The zero-order valence-corrected chi connectivity index (χ0v) is 26.5. The van der Waals surface area contributed by atoms with E-state index in [-0.39, 0.29) is 81.4 Å². The second-order valence-corrected chi connectivity index (χ2v) is 8.16. The van der Waals surface area contributed by atoms with Crippen LogP contribution in [0.2, 0.25) is 0 Å². The topological polar surface area (TPSA) is 130 Å². The Morgan fingerprint density at radius 2 is 1.94 bits per heavy atom. The third kappa shape index (κ3) is 6.60. The number of ether oxygens (including phenoxy) is 2. The fourth-order valence-electron chi connectivity index (χ4n) is 3.13. The molecule has 0 saturated heterocycles. The molecule has 33 heavy (non-hydrogen) atoms. The van der Waals surface area contributed by atoms with Gasteiger partial charge in [-0.2, -0.15) is 5.10 Å². The standard InChI is InChI=1S/C21H25N5O5S.Cs/c1-11-6-7-15(31-5)13(3)17(11)23-19(27)16-8-22-21(32-16)24-18-12(2)9-26(25-18)14(10-30-4)20(28)29;/h6-9,14H,10H2,1-5H3,(H,23,27)(H,28,29)(H,22,24,25);/q;+1/p-1. The zero-order valence-electron chi connectivity index (χ0n) is 19.4. The van der Waals surface area contributed by atoms with Crippen molar-refractivity contribution in [3.63, 3.8) is 0 Å². The van der Waals surface area contributed by atoms with Gasteiger partial charge in [0.05, 0.1) is 31.6 Å². The van der Waals surface area contributed by atoms with E-state index in [2.05, 4.69) is 20.7 Å². The van der Waals surface area contributed by atoms with Crippen molar-refractivity contribution < 1.29 is 93.1 Å². The van der Waals surface area contributed by atoms with E-state index < -0.39 is 12.0 Å². The van der Waals surface area contributed by atoms with Gasteiger partial charge in [-0.1, -0.05) is 17.4 Å². The smallest absolute Gasteiger partial charge is 0.548 e. The summed E-state index contributed by atoms with van der Waals surface area (Å²) in [7, 11) is 2.99. The summed E-state index contributed by atoms with van der Waals surface area (Å²) in [4.78, 5) is 28.8. The average molecular weight is 591 g/mol. The summed E-state index contributed by atoms with van der Waals surface area (Å²) >= 11 is 1.15. The molecule has 10 nitrogen and oxygen atoms in total. The molecule has 0 radical (unpaired) electrons. The molecule has 12 heteroatoms. The molecule has 1 unspecified atom stereocenters. The van der Waals surface area contributed by atoms with Crippen molar-refractivity contribution in [3.8, 4) is 5.75 Å². The fraction of sp³-hybridized carbons (Fsp3) is 0.333. The summed E-state index contributed by atoms with van der Waals surface area (Å²) in [5.41, 5.74) is 3.15. The molecule has 170 valence electrons. The van der Waals surface area contributed by atoms with Crippen LogP contribution in [0.15, 0.2) is 24.5 Å². The molecule has 0 aliphatic carbocycles. The number of aryl methyl sites for hydroxylation is 2. The molecule has 0 saturated carbocycles. The number of nitrogens with one attached hydrogen (secondary N) is 2. The number of nitrogens with zero attached hydrogens (tertiary/aromatic N) is 3. The number of hydrogen-bond donors (Lipinski definition) is 2. The Morgan fingerprint density at radius 3 is 2.58 bits per heavy atom. The number of rotatable bonds is 9. The summed E-state index contributed by atoms with van der Waals surface area (Å²) in [6.45, 7) is 5.49. The Morgan fingerprint density at radius 1 is 1.21 bits per heavy atom. The first-order valence-corrected chi connectivity index (χ1v) is 10.5. The minimum Gasteiger partial charge on any atom is -0.548 e. The van der Waals surface area contributed by atoms with Crippen LogP contribution in [0.3, 0.4) is 0 Å². The Balaban J connectivity index is 0.00000385. The van der Waals surface area contributed by atoms with E-state index in [0.29, 0.717) is 32.8 Å². The number of carboxylic acids is 1. The number of anilines is 3. The van der Waals surface area contributed by atoms with Crippen molar-refractivity contribution in [3.05, 3.63) is 46.1 Å². The van der Waals surface area contributed by atoms with E-state index in [1.54, 1.807) is 20.2 Å². The number of carbonyl (C=O) groups is 2. The second-order valence-electron chi connectivity index (χ2n) is 7.12. The molecule has 0 bridgehead atoms. The molecule has 0 fully saturated rings. The van der Waals surface area contributed by atoms with E-state index in [0.717, 1.165) is 22.5 Å². The molecule has 1 atom stereocenters. The van der Waals surface area contributed by atoms with Crippen molar-refractivity contribution in [1.29, 1.82) is 0 Å². The molecular weight excluding hydrogens is 567 g/mol. The normalized spacial score (nSPS) is 11.4. The molecule has 0 spiro atoms. The van der Waals surface area contributed by atoms with Gasteiger partial charge in [0.15, 0.2) is 10.9 Å². The van der Waals surface area contributed by atoms with Gasteiger partial charge in [-0.25, -0.2) is 4.98 Å². The van der Waals surface area contributed by atoms with Crippen molar-refractivity contribution in [2.75, 3.05) is 31.5 Å². The molecule has 2 aromatic heterocycles. The number of benzene rings is 1. The van der Waals surface area contributed by atoms with Crippen molar-refractivity contribution in [2.45, 2.75) is 26.8 Å². The van der Waals surface area contributed by atoms with Crippen LogP contribution < -0.4 is 89.4 Å². The predicted octanol–water partition coefficient (Wildman–Crippen LogP) is -0.789. The van der Waals surface area contributed by atoms with E-state index in [1.807, 2.05) is 26.0 Å². The van der Waals surface area contributed by atoms with Crippen LogP contribution in [0.25, 0.3) is 0 Å². The molecule has 3 aromatic rings. The summed E-state index contributed by atoms with van der Waals surface area (Å²) in [5, 5.41) is 22.0. The minimum absolute atomic E-state index is 0. The van der Waals surface area contributed by atoms with E-state index in [4.69, 9.17) is 9.47 Å². The molecule has 1 amide bonds. The zero-order chi connectivity index (χ0) is 23.4. The number of aromatic nitrogens is 3. The minimum atomic E-state index is -1.29. The predicted molar refractivity (Wildman–Crippen MR) is 119 cm³/mol. The van der Waals surface area contributed by atoms with Crippen LogP contribution in [-0.2, 0) is 9.53 Å². The van der Waals surface area contributed by atoms with Crippen LogP contribution in [0, 0.1) is 20.8 Å². The number of carboxylic acid groups (broad SMARTS) is 1. The molecule has 0 aliphatic rings. The first kappa shape index (κ1) is 27.9. The molecule has 1 aromatic carbocycles. The summed E-state index contributed by atoms with van der Waals surface area (Å²) in [5.74, 6) is -0.480. The molecule has 3 rings (SSSR count). The average Bonchev–Trinajstić information content (AvgIpc) is 3.36. The van der Waals surface area contributed by atoms with Gasteiger partial charge < -0.3 is 30.0 Å². The van der Waals surface area contributed by atoms with Gasteiger partial charge in [0.25, 0.3) is 5.91 Å². The molecule has 2 N–H and O–H groups in total. The molecular formula is C21H24CsN5O5S. The third-order valence-electron chi connectivity index (χ3n) is 4.87.